The molecule has 112 valence electrons. The number of amides is 2. The molecule has 2 heterocycles. The van der Waals surface area contributed by atoms with E-state index in [-0.39, 0.29) is 6.03 Å². The van der Waals surface area contributed by atoms with Gasteiger partial charge in [-0.15, -0.1) is 11.3 Å². The molecule has 1 N–H and O–H groups in total. The summed E-state index contributed by atoms with van der Waals surface area (Å²) in [6.07, 6.45) is 0. The van der Waals surface area contributed by atoms with Gasteiger partial charge in [-0.05, 0) is 18.7 Å². The monoisotopic (exact) mass is 304 g/mol. The highest BCUT2D eigenvalue weighted by Gasteiger charge is 2.19. The van der Waals surface area contributed by atoms with Gasteiger partial charge in [0.15, 0.2) is 0 Å². The van der Waals surface area contributed by atoms with Crippen molar-refractivity contribution in [3.8, 4) is 0 Å². The first-order chi connectivity index (χ1) is 10.3. The van der Waals surface area contributed by atoms with Crippen LogP contribution < -0.4 is 5.32 Å². The lowest BCUT2D eigenvalue weighted by Gasteiger charge is -2.33. The second-order valence-electron chi connectivity index (χ2n) is 5.16. The van der Waals surface area contributed by atoms with Crippen LogP contribution in [0.3, 0.4) is 0 Å². The molecule has 1 aliphatic rings. The van der Waals surface area contributed by atoms with E-state index in [4.69, 9.17) is 0 Å². The van der Waals surface area contributed by atoms with E-state index in [1.54, 1.807) is 11.3 Å². The molecule has 21 heavy (non-hydrogen) atoms. The fourth-order valence-electron chi connectivity index (χ4n) is 2.53. The third-order valence-corrected chi connectivity index (χ3v) is 4.87. The van der Waals surface area contributed by atoms with E-state index >= 15 is 0 Å². The van der Waals surface area contributed by atoms with Gasteiger partial charge in [-0.2, -0.15) is 0 Å². The highest BCUT2D eigenvalue weighted by molar-refractivity contribution is 7.18. The highest BCUT2D eigenvalue weighted by atomic mass is 32.1. The Morgan fingerprint density at radius 2 is 2.05 bits per heavy atom. The van der Waals surface area contributed by atoms with Gasteiger partial charge >= 0.3 is 6.03 Å². The van der Waals surface area contributed by atoms with Crippen molar-refractivity contribution in [1.82, 2.24) is 20.1 Å². The molecule has 3 rings (SSSR count). The molecule has 1 fully saturated rings. The van der Waals surface area contributed by atoms with E-state index in [0.717, 1.165) is 43.2 Å². The van der Waals surface area contributed by atoms with Crippen LogP contribution in [0.25, 0.3) is 10.2 Å². The molecule has 1 aromatic carbocycles. The first-order valence-corrected chi connectivity index (χ1v) is 8.17. The van der Waals surface area contributed by atoms with Crippen molar-refractivity contribution in [2.24, 2.45) is 0 Å². The van der Waals surface area contributed by atoms with Crippen molar-refractivity contribution >= 4 is 27.6 Å². The Morgan fingerprint density at radius 3 is 2.76 bits per heavy atom. The van der Waals surface area contributed by atoms with Gasteiger partial charge in [0.25, 0.3) is 0 Å². The molecule has 0 bridgehead atoms. The Hall–Kier alpha value is -1.66. The highest BCUT2D eigenvalue weighted by Crippen LogP contribution is 2.21. The van der Waals surface area contributed by atoms with Gasteiger partial charge < -0.3 is 15.1 Å². The number of hydrogen-bond acceptors (Lipinski definition) is 4. The summed E-state index contributed by atoms with van der Waals surface area (Å²) in [5.74, 6) is 0. The van der Waals surface area contributed by atoms with E-state index in [1.807, 2.05) is 23.1 Å². The molecule has 0 saturated carbocycles. The summed E-state index contributed by atoms with van der Waals surface area (Å²) in [6, 6.07) is 8.07. The number of rotatable bonds is 3. The maximum absolute atomic E-state index is 12.2. The van der Waals surface area contributed by atoms with Crippen LogP contribution in [0.15, 0.2) is 24.3 Å². The standard InChI is InChI=1S/C15H20N4OS/c1-2-18-7-9-19(10-8-18)15(20)16-11-14-17-12-5-3-4-6-13(12)21-14/h3-6H,2,7-11H2,1H3,(H,16,20). The van der Waals surface area contributed by atoms with Gasteiger partial charge in [-0.25, -0.2) is 9.78 Å². The van der Waals surface area contributed by atoms with Gasteiger partial charge in [0.05, 0.1) is 16.8 Å². The molecule has 0 radical (unpaired) electrons. The van der Waals surface area contributed by atoms with Gasteiger partial charge in [0.1, 0.15) is 5.01 Å². The van der Waals surface area contributed by atoms with Crippen LogP contribution in [-0.4, -0.2) is 53.5 Å². The van der Waals surface area contributed by atoms with Crippen molar-refractivity contribution in [3.05, 3.63) is 29.3 Å². The minimum absolute atomic E-state index is 0.0185. The van der Waals surface area contributed by atoms with Crippen molar-refractivity contribution in [3.63, 3.8) is 0 Å². The average Bonchev–Trinajstić information content (AvgIpc) is 2.95. The summed E-state index contributed by atoms with van der Waals surface area (Å²) < 4.78 is 1.17. The van der Waals surface area contributed by atoms with Crippen LogP contribution in [-0.2, 0) is 6.54 Å². The maximum Gasteiger partial charge on any atom is 0.317 e. The van der Waals surface area contributed by atoms with E-state index in [0.29, 0.717) is 6.54 Å². The molecule has 0 spiro atoms. The topological polar surface area (TPSA) is 48.5 Å². The van der Waals surface area contributed by atoms with Crippen LogP contribution >= 0.6 is 11.3 Å². The second kappa shape index (κ2) is 6.41. The molecule has 1 saturated heterocycles. The summed E-state index contributed by atoms with van der Waals surface area (Å²) in [5.41, 5.74) is 1.00. The van der Waals surface area contributed by atoms with E-state index in [2.05, 4.69) is 28.2 Å². The number of benzene rings is 1. The number of piperazine rings is 1. The number of nitrogens with zero attached hydrogens (tertiary/aromatic N) is 3. The van der Waals surface area contributed by atoms with Gasteiger partial charge in [0.2, 0.25) is 0 Å². The van der Waals surface area contributed by atoms with Gasteiger partial charge in [-0.1, -0.05) is 19.1 Å². The number of carbonyl (C=O) groups is 1. The van der Waals surface area contributed by atoms with Crippen LogP contribution in [0.2, 0.25) is 0 Å². The number of carbonyl (C=O) groups excluding carboxylic acids is 1. The number of hydrogen-bond donors (Lipinski definition) is 1. The van der Waals surface area contributed by atoms with Gasteiger partial charge in [0, 0.05) is 26.2 Å². The van der Waals surface area contributed by atoms with Crippen molar-refractivity contribution in [2.45, 2.75) is 13.5 Å². The Bertz CT molecular complexity index is 586. The third kappa shape index (κ3) is 3.33. The van der Waals surface area contributed by atoms with E-state index in [1.165, 1.54) is 4.70 Å². The maximum atomic E-state index is 12.2. The molecule has 2 aromatic rings. The number of para-hydroxylation sites is 1. The molecule has 1 aliphatic heterocycles. The number of likely N-dealkylation sites (N-methyl/N-ethyl adjacent to an activating group) is 1. The zero-order valence-corrected chi connectivity index (χ0v) is 13.0. The first kappa shape index (κ1) is 14.3. The fourth-order valence-corrected chi connectivity index (χ4v) is 3.43. The molecular weight excluding hydrogens is 284 g/mol. The molecular formula is C15H20N4OS. The van der Waals surface area contributed by atoms with Crippen LogP contribution in [0.4, 0.5) is 4.79 Å². The van der Waals surface area contributed by atoms with Crippen molar-refractivity contribution in [2.75, 3.05) is 32.7 Å². The number of nitrogens with one attached hydrogen (secondary N) is 1. The third-order valence-electron chi connectivity index (χ3n) is 3.84. The Labute approximate surface area is 128 Å². The lowest BCUT2D eigenvalue weighted by molar-refractivity contribution is 0.142. The lowest BCUT2D eigenvalue weighted by atomic mass is 10.3. The minimum Gasteiger partial charge on any atom is -0.331 e. The summed E-state index contributed by atoms with van der Waals surface area (Å²) in [5, 5.41) is 3.93. The first-order valence-electron chi connectivity index (χ1n) is 7.36. The summed E-state index contributed by atoms with van der Waals surface area (Å²) >= 11 is 1.64. The molecule has 5 nitrogen and oxygen atoms in total. The normalized spacial score (nSPS) is 16.3. The summed E-state index contributed by atoms with van der Waals surface area (Å²) in [7, 11) is 0. The Balaban J connectivity index is 1.54. The summed E-state index contributed by atoms with van der Waals surface area (Å²) in [4.78, 5) is 20.9. The zero-order valence-electron chi connectivity index (χ0n) is 12.2. The van der Waals surface area contributed by atoms with Crippen LogP contribution in [0, 0.1) is 0 Å². The Kier molecular flexibility index (Phi) is 4.36. The average molecular weight is 304 g/mol. The number of fused-ring (bicyclic) bond motifs is 1. The lowest BCUT2D eigenvalue weighted by Crippen LogP contribution is -2.51. The minimum atomic E-state index is 0.0185. The number of thiazole rings is 1. The van der Waals surface area contributed by atoms with Crippen LogP contribution in [0.1, 0.15) is 11.9 Å². The summed E-state index contributed by atoms with van der Waals surface area (Å²) in [6.45, 7) is 7.26. The predicted octanol–water partition coefficient (Wildman–Crippen LogP) is 2.14. The SMILES string of the molecule is CCN1CCN(C(=O)NCc2nc3ccccc3s2)CC1. The smallest absolute Gasteiger partial charge is 0.317 e. The zero-order chi connectivity index (χ0) is 14.7. The van der Waals surface area contributed by atoms with Crippen LogP contribution in [0.5, 0.6) is 0 Å². The quantitative estimate of drug-likeness (QED) is 0.945. The van der Waals surface area contributed by atoms with Gasteiger partial charge in [-0.3, -0.25) is 0 Å². The van der Waals surface area contributed by atoms with E-state index in [9.17, 15) is 4.79 Å². The fraction of sp³-hybridized carbons (Fsp3) is 0.467. The van der Waals surface area contributed by atoms with E-state index < -0.39 is 0 Å². The Morgan fingerprint density at radius 1 is 1.29 bits per heavy atom. The number of aromatic nitrogens is 1. The molecule has 1 aromatic heterocycles. The molecule has 0 aliphatic carbocycles. The second-order valence-corrected chi connectivity index (χ2v) is 6.27. The number of urea groups is 1. The predicted molar refractivity (Wildman–Crippen MR) is 85.5 cm³/mol. The largest absolute Gasteiger partial charge is 0.331 e. The molecule has 2 amide bonds. The van der Waals surface area contributed by atoms with Crippen molar-refractivity contribution < 1.29 is 4.79 Å². The molecule has 0 atom stereocenters. The molecule has 6 heteroatoms. The molecule has 0 unspecified atom stereocenters. The van der Waals surface area contributed by atoms with Crippen molar-refractivity contribution in [1.29, 1.82) is 0 Å².